The van der Waals surface area contributed by atoms with Crippen molar-refractivity contribution in [3.05, 3.63) is 95.4 Å². The predicted molar refractivity (Wildman–Crippen MR) is 129 cm³/mol. The lowest BCUT2D eigenvalue weighted by atomic mass is 9.74. The SMILES string of the molecule is C[C@H](NC(=O)[C@H]1CCCC[C@@H]1c1ccc(C(=O)N(C)Cc2ccco2)cc1)c1ccccc1. The van der Waals surface area contributed by atoms with Gasteiger partial charge in [-0.3, -0.25) is 9.59 Å². The van der Waals surface area contributed by atoms with Gasteiger partial charge in [0.2, 0.25) is 5.91 Å². The van der Waals surface area contributed by atoms with E-state index in [1.165, 1.54) is 0 Å². The largest absolute Gasteiger partial charge is 0.467 e. The van der Waals surface area contributed by atoms with Crippen molar-refractivity contribution in [2.75, 3.05) is 7.05 Å². The van der Waals surface area contributed by atoms with Crippen LogP contribution in [-0.4, -0.2) is 23.8 Å². The number of benzene rings is 2. The lowest BCUT2D eigenvalue weighted by Gasteiger charge is -2.32. The zero-order valence-electron chi connectivity index (χ0n) is 19.4. The van der Waals surface area contributed by atoms with Gasteiger partial charge in [-0.25, -0.2) is 0 Å². The molecule has 1 aliphatic rings. The van der Waals surface area contributed by atoms with Crippen LogP contribution in [0.2, 0.25) is 0 Å². The molecule has 4 rings (SSSR count). The first-order chi connectivity index (χ1) is 16.0. The molecule has 1 aliphatic carbocycles. The van der Waals surface area contributed by atoms with Gasteiger partial charge < -0.3 is 14.6 Å². The van der Waals surface area contributed by atoms with Gasteiger partial charge in [0.05, 0.1) is 18.8 Å². The van der Waals surface area contributed by atoms with Gasteiger partial charge in [-0.05, 0) is 61.1 Å². The van der Waals surface area contributed by atoms with Crippen LogP contribution in [-0.2, 0) is 11.3 Å². The van der Waals surface area contributed by atoms with Crippen molar-refractivity contribution in [3.63, 3.8) is 0 Å². The molecule has 5 nitrogen and oxygen atoms in total. The van der Waals surface area contributed by atoms with Crippen LogP contribution in [0.1, 0.15) is 71.8 Å². The molecule has 3 aromatic rings. The Morgan fingerprint density at radius 3 is 2.42 bits per heavy atom. The molecule has 5 heteroatoms. The van der Waals surface area contributed by atoms with Gasteiger partial charge in [0.1, 0.15) is 5.76 Å². The molecule has 0 bridgehead atoms. The molecule has 0 aliphatic heterocycles. The Balaban J connectivity index is 1.43. The van der Waals surface area contributed by atoms with E-state index < -0.39 is 0 Å². The summed E-state index contributed by atoms with van der Waals surface area (Å²) in [6.07, 6.45) is 5.69. The second kappa shape index (κ2) is 10.5. The highest BCUT2D eigenvalue weighted by atomic mass is 16.3. The standard InChI is InChI=1S/C28H32N2O3/c1-20(21-9-4-3-5-10-21)29-27(31)26-13-7-6-12-25(26)22-14-16-23(17-15-22)28(32)30(2)19-24-11-8-18-33-24/h3-5,8-11,14-18,20,25-26H,6-7,12-13,19H2,1-2H3,(H,29,31)/t20-,25+,26-/m0/s1. The molecule has 0 unspecified atom stereocenters. The zero-order valence-corrected chi connectivity index (χ0v) is 19.4. The van der Waals surface area contributed by atoms with E-state index in [9.17, 15) is 9.59 Å². The maximum Gasteiger partial charge on any atom is 0.254 e. The summed E-state index contributed by atoms with van der Waals surface area (Å²) < 4.78 is 5.35. The first kappa shape index (κ1) is 22.8. The van der Waals surface area contributed by atoms with Gasteiger partial charge >= 0.3 is 0 Å². The monoisotopic (exact) mass is 444 g/mol. The number of nitrogens with one attached hydrogen (secondary N) is 1. The Morgan fingerprint density at radius 1 is 1.00 bits per heavy atom. The molecule has 0 saturated heterocycles. The van der Waals surface area contributed by atoms with Crippen molar-refractivity contribution < 1.29 is 14.0 Å². The zero-order chi connectivity index (χ0) is 23.2. The first-order valence-corrected chi connectivity index (χ1v) is 11.8. The minimum Gasteiger partial charge on any atom is -0.467 e. The summed E-state index contributed by atoms with van der Waals surface area (Å²) >= 11 is 0. The van der Waals surface area contributed by atoms with Crippen LogP contribution < -0.4 is 5.32 Å². The van der Waals surface area contributed by atoms with E-state index >= 15 is 0 Å². The van der Waals surface area contributed by atoms with Gasteiger partial charge in [-0.2, -0.15) is 0 Å². The second-order valence-electron chi connectivity index (χ2n) is 9.00. The molecular formula is C28H32N2O3. The molecule has 33 heavy (non-hydrogen) atoms. The molecule has 0 radical (unpaired) electrons. The second-order valence-corrected chi connectivity index (χ2v) is 9.00. The number of rotatable bonds is 7. The first-order valence-electron chi connectivity index (χ1n) is 11.8. The van der Waals surface area contributed by atoms with Crippen molar-refractivity contribution >= 4 is 11.8 Å². The summed E-state index contributed by atoms with van der Waals surface area (Å²) in [5, 5.41) is 3.22. The molecule has 0 spiro atoms. The fraction of sp³-hybridized carbons (Fsp3) is 0.357. The number of amides is 2. The molecule has 1 heterocycles. The van der Waals surface area contributed by atoms with Crippen LogP contribution in [0.25, 0.3) is 0 Å². The molecule has 2 amide bonds. The minimum absolute atomic E-state index is 0.0222. The molecular weight excluding hydrogens is 412 g/mol. The van der Waals surface area contributed by atoms with E-state index in [4.69, 9.17) is 4.42 Å². The van der Waals surface area contributed by atoms with Crippen molar-refractivity contribution in [2.24, 2.45) is 5.92 Å². The summed E-state index contributed by atoms with van der Waals surface area (Å²) in [6.45, 7) is 2.46. The molecule has 1 saturated carbocycles. The third-order valence-corrected chi connectivity index (χ3v) is 6.67. The number of furan rings is 1. The highest BCUT2D eigenvalue weighted by Gasteiger charge is 2.32. The Kier molecular flexibility index (Phi) is 7.28. The van der Waals surface area contributed by atoms with Crippen LogP contribution in [0, 0.1) is 5.92 Å². The van der Waals surface area contributed by atoms with E-state index in [2.05, 4.69) is 5.32 Å². The fourth-order valence-electron chi connectivity index (χ4n) is 4.79. The quantitative estimate of drug-likeness (QED) is 0.508. The molecule has 1 N–H and O–H groups in total. The lowest BCUT2D eigenvalue weighted by molar-refractivity contribution is -0.127. The molecule has 172 valence electrons. The van der Waals surface area contributed by atoms with Crippen molar-refractivity contribution in [1.82, 2.24) is 10.2 Å². The smallest absolute Gasteiger partial charge is 0.254 e. The molecule has 3 atom stereocenters. The maximum absolute atomic E-state index is 13.2. The number of carbonyl (C=O) groups is 2. The normalized spacial score (nSPS) is 19.0. The summed E-state index contributed by atoms with van der Waals surface area (Å²) in [5.41, 5.74) is 2.88. The van der Waals surface area contributed by atoms with Crippen LogP contribution in [0.3, 0.4) is 0 Å². The average Bonchev–Trinajstić information content (AvgIpc) is 3.37. The minimum atomic E-state index is -0.0485. The number of hydrogen-bond donors (Lipinski definition) is 1. The summed E-state index contributed by atoms with van der Waals surface area (Å²) in [4.78, 5) is 27.7. The molecule has 2 aromatic carbocycles. The van der Waals surface area contributed by atoms with E-state index in [0.717, 1.165) is 42.6 Å². The van der Waals surface area contributed by atoms with Crippen molar-refractivity contribution in [3.8, 4) is 0 Å². The topological polar surface area (TPSA) is 62.6 Å². The molecule has 1 fully saturated rings. The Bertz CT molecular complexity index is 1040. The predicted octanol–water partition coefficient (Wildman–Crippen LogP) is 5.70. The Morgan fingerprint density at radius 2 is 1.73 bits per heavy atom. The summed E-state index contributed by atoms with van der Waals surface area (Å²) in [5.74, 6) is 0.949. The van der Waals surface area contributed by atoms with Crippen LogP contribution in [0.15, 0.2) is 77.4 Å². The molecule has 1 aromatic heterocycles. The number of carbonyl (C=O) groups excluding carboxylic acids is 2. The van der Waals surface area contributed by atoms with Gasteiger partial charge in [0, 0.05) is 18.5 Å². The fourth-order valence-corrected chi connectivity index (χ4v) is 4.79. The van der Waals surface area contributed by atoms with E-state index in [-0.39, 0.29) is 29.7 Å². The highest BCUT2D eigenvalue weighted by molar-refractivity contribution is 5.94. The Labute approximate surface area is 195 Å². The highest BCUT2D eigenvalue weighted by Crippen LogP contribution is 2.38. The maximum atomic E-state index is 13.2. The van der Waals surface area contributed by atoms with Crippen LogP contribution >= 0.6 is 0 Å². The number of hydrogen-bond acceptors (Lipinski definition) is 3. The van der Waals surface area contributed by atoms with Gasteiger partial charge in [0.15, 0.2) is 0 Å². The number of nitrogens with zero attached hydrogens (tertiary/aromatic N) is 1. The third kappa shape index (κ3) is 5.54. The van der Waals surface area contributed by atoms with Crippen LogP contribution in [0.5, 0.6) is 0 Å². The van der Waals surface area contributed by atoms with E-state index in [0.29, 0.717) is 12.1 Å². The van der Waals surface area contributed by atoms with Crippen molar-refractivity contribution in [1.29, 1.82) is 0 Å². The lowest BCUT2D eigenvalue weighted by Crippen LogP contribution is -2.37. The van der Waals surface area contributed by atoms with Crippen molar-refractivity contribution in [2.45, 2.75) is 51.1 Å². The summed E-state index contributed by atoms with van der Waals surface area (Å²) in [6, 6.07) is 21.5. The average molecular weight is 445 g/mol. The third-order valence-electron chi connectivity index (χ3n) is 6.67. The van der Waals surface area contributed by atoms with Gasteiger partial charge in [0.25, 0.3) is 5.91 Å². The van der Waals surface area contributed by atoms with Crippen LogP contribution in [0.4, 0.5) is 0 Å². The van der Waals surface area contributed by atoms with Gasteiger partial charge in [-0.1, -0.05) is 55.3 Å². The Hall–Kier alpha value is -3.34. The van der Waals surface area contributed by atoms with Gasteiger partial charge in [-0.15, -0.1) is 0 Å². The van der Waals surface area contributed by atoms with E-state index in [1.807, 2.05) is 73.7 Å². The summed E-state index contributed by atoms with van der Waals surface area (Å²) in [7, 11) is 1.77. The van der Waals surface area contributed by atoms with E-state index in [1.54, 1.807) is 18.2 Å².